The Morgan fingerprint density at radius 2 is 2.00 bits per heavy atom. The van der Waals surface area contributed by atoms with Crippen molar-refractivity contribution in [2.45, 2.75) is 38.6 Å². The lowest BCUT2D eigenvalue weighted by Gasteiger charge is -2.16. The second kappa shape index (κ2) is 7.01. The minimum atomic E-state index is -0.142. The molecule has 0 aliphatic rings. The molecule has 4 nitrogen and oxygen atoms in total. The van der Waals surface area contributed by atoms with Crippen molar-refractivity contribution < 1.29 is 9.90 Å². The van der Waals surface area contributed by atoms with Gasteiger partial charge in [-0.05, 0) is 30.0 Å². The molecular weight excluding hydrogens is 228 g/mol. The number of nitrogens with two attached hydrogens (primary N) is 1. The Labute approximate surface area is 108 Å². The van der Waals surface area contributed by atoms with Crippen molar-refractivity contribution in [3.05, 3.63) is 29.8 Å². The Balaban J connectivity index is 2.51. The van der Waals surface area contributed by atoms with Crippen LogP contribution in [0, 0.1) is 0 Å². The van der Waals surface area contributed by atoms with Crippen LogP contribution in [0.4, 0.5) is 5.69 Å². The van der Waals surface area contributed by atoms with E-state index in [1.807, 2.05) is 38.1 Å². The number of benzene rings is 1. The molecule has 0 radical (unpaired) electrons. The van der Waals surface area contributed by atoms with Crippen LogP contribution in [-0.4, -0.2) is 23.7 Å². The first-order valence-electron chi connectivity index (χ1n) is 6.32. The van der Waals surface area contributed by atoms with E-state index in [2.05, 4.69) is 5.32 Å². The van der Waals surface area contributed by atoms with Gasteiger partial charge in [0.05, 0.1) is 12.6 Å². The lowest BCUT2D eigenvalue weighted by atomic mass is 9.97. The second-order valence-electron chi connectivity index (χ2n) is 4.63. The maximum atomic E-state index is 11.8. The van der Waals surface area contributed by atoms with E-state index in [9.17, 15) is 4.79 Å². The minimum absolute atomic E-state index is 0.0154. The Morgan fingerprint density at radius 1 is 1.39 bits per heavy atom. The van der Waals surface area contributed by atoms with Crippen LogP contribution < -0.4 is 11.1 Å². The third-order valence-electron chi connectivity index (χ3n) is 3.08. The molecule has 0 saturated heterocycles. The van der Waals surface area contributed by atoms with E-state index in [4.69, 9.17) is 10.8 Å². The van der Waals surface area contributed by atoms with Gasteiger partial charge in [0.1, 0.15) is 0 Å². The van der Waals surface area contributed by atoms with E-state index in [1.54, 1.807) is 0 Å². The number of nitrogens with one attached hydrogen (secondary N) is 1. The van der Waals surface area contributed by atoms with E-state index >= 15 is 0 Å². The quantitative estimate of drug-likeness (QED) is 0.672. The fourth-order valence-electron chi connectivity index (χ4n) is 1.78. The molecule has 100 valence electrons. The smallest absolute Gasteiger partial charge is 0.220 e. The molecule has 18 heavy (non-hydrogen) atoms. The predicted molar refractivity (Wildman–Crippen MR) is 73.2 cm³/mol. The molecule has 1 aromatic carbocycles. The van der Waals surface area contributed by atoms with Gasteiger partial charge in [-0.1, -0.05) is 26.0 Å². The highest BCUT2D eigenvalue weighted by Gasteiger charge is 2.14. The van der Waals surface area contributed by atoms with Crippen molar-refractivity contribution >= 4 is 11.6 Å². The van der Waals surface area contributed by atoms with E-state index in [-0.39, 0.29) is 24.5 Å². The molecule has 0 saturated carbocycles. The van der Waals surface area contributed by atoms with Crippen LogP contribution in [0.1, 0.15) is 38.2 Å². The molecule has 0 aliphatic heterocycles. The normalized spacial score (nSPS) is 13.9. The third kappa shape index (κ3) is 4.37. The number of carbonyl (C=O) groups is 1. The van der Waals surface area contributed by atoms with Gasteiger partial charge in [0.2, 0.25) is 5.91 Å². The monoisotopic (exact) mass is 250 g/mol. The number of hydrogen-bond donors (Lipinski definition) is 3. The minimum Gasteiger partial charge on any atom is -0.399 e. The van der Waals surface area contributed by atoms with Gasteiger partial charge in [0, 0.05) is 12.1 Å². The molecule has 1 rings (SSSR count). The van der Waals surface area contributed by atoms with Crippen LogP contribution in [-0.2, 0) is 4.79 Å². The van der Waals surface area contributed by atoms with E-state index in [1.165, 1.54) is 0 Å². The number of hydrogen-bond acceptors (Lipinski definition) is 3. The van der Waals surface area contributed by atoms with Gasteiger partial charge >= 0.3 is 0 Å². The zero-order valence-corrected chi connectivity index (χ0v) is 11.0. The summed E-state index contributed by atoms with van der Waals surface area (Å²) in [6.07, 6.45) is 1.15. The molecule has 1 amide bonds. The topological polar surface area (TPSA) is 75.3 Å². The van der Waals surface area contributed by atoms with E-state index in [0.29, 0.717) is 6.42 Å². The van der Waals surface area contributed by atoms with Gasteiger partial charge in [-0.3, -0.25) is 4.79 Å². The Kier molecular flexibility index (Phi) is 5.65. The highest BCUT2D eigenvalue weighted by molar-refractivity contribution is 5.77. The Hall–Kier alpha value is -1.55. The molecule has 0 heterocycles. The maximum Gasteiger partial charge on any atom is 0.220 e. The van der Waals surface area contributed by atoms with E-state index in [0.717, 1.165) is 17.7 Å². The fourth-order valence-corrected chi connectivity index (χ4v) is 1.78. The van der Waals surface area contributed by atoms with Crippen molar-refractivity contribution in [1.29, 1.82) is 0 Å². The Morgan fingerprint density at radius 3 is 2.50 bits per heavy atom. The Bertz CT molecular complexity index is 372. The van der Waals surface area contributed by atoms with Crippen molar-refractivity contribution in [2.75, 3.05) is 12.3 Å². The number of nitrogen functional groups attached to an aromatic ring is 1. The summed E-state index contributed by atoms with van der Waals surface area (Å²) in [4.78, 5) is 11.8. The van der Waals surface area contributed by atoms with Crippen LogP contribution in [0.5, 0.6) is 0 Å². The summed E-state index contributed by atoms with van der Waals surface area (Å²) in [5, 5.41) is 11.8. The third-order valence-corrected chi connectivity index (χ3v) is 3.08. The summed E-state index contributed by atoms with van der Waals surface area (Å²) in [5.41, 5.74) is 7.44. The van der Waals surface area contributed by atoms with Crippen molar-refractivity contribution in [1.82, 2.24) is 5.32 Å². The fraction of sp³-hybridized carbons (Fsp3) is 0.500. The largest absolute Gasteiger partial charge is 0.399 e. The van der Waals surface area contributed by atoms with Crippen LogP contribution in [0.15, 0.2) is 24.3 Å². The standard InChI is InChI=1S/C14H22N2O2/c1-3-13(9-17)16-14(18)8-10(2)11-4-6-12(15)7-5-11/h4-7,10,13,17H,3,8-9,15H2,1-2H3,(H,16,18)/t10?,13-/m0/s1. The summed E-state index contributed by atoms with van der Waals surface area (Å²) < 4.78 is 0. The first-order valence-corrected chi connectivity index (χ1v) is 6.32. The van der Waals surface area contributed by atoms with Gasteiger partial charge in [-0.15, -0.1) is 0 Å². The van der Waals surface area contributed by atoms with Crippen LogP contribution >= 0.6 is 0 Å². The maximum absolute atomic E-state index is 11.8. The summed E-state index contributed by atoms with van der Waals surface area (Å²) in [6, 6.07) is 7.42. The summed E-state index contributed by atoms with van der Waals surface area (Å²) in [7, 11) is 0. The number of anilines is 1. The second-order valence-corrected chi connectivity index (χ2v) is 4.63. The zero-order valence-electron chi connectivity index (χ0n) is 11.0. The predicted octanol–water partition coefficient (Wildman–Crippen LogP) is 1.65. The molecule has 0 fully saturated rings. The number of aliphatic hydroxyl groups excluding tert-OH is 1. The van der Waals surface area contributed by atoms with Gasteiger partial charge < -0.3 is 16.2 Å². The van der Waals surface area contributed by atoms with Crippen molar-refractivity contribution in [3.8, 4) is 0 Å². The highest BCUT2D eigenvalue weighted by atomic mass is 16.3. The SMILES string of the molecule is CC[C@@H](CO)NC(=O)CC(C)c1ccc(N)cc1. The van der Waals surface area contributed by atoms with Gasteiger partial charge in [0.25, 0.3) is 0 Å². The molecule has 1 aromatic rings. The summed E-state index contributed by atoms with van der Waals surface area (Å²) in [5.74, 6) is 0.113. The van der Waals surface area contributed by atoms with Gasteiger partial charge in [-0.25, -0.2) is 0 Å². The summed E-state index contributed by atoms with van der Waals surface area (Å²) >= 11 is 0. The zero-order chi connectivity index (χ0) is 13.5. The lowest BCUT2D eigenvalue weighted by Crippen LogP contribution is -2.37. The van der Waals surface area contributed by atoms with Crippen LogP contribution in [0.25, 0.3) is 0 Å². The molecule has 4 heteroatoms. The van der Waals surface area contributed by atoms with Gasteiger partial charge in [0.15, 0.2) is 0 Å². The number of aliphatic hydroxyl groups is 1. The average molecular weight is 250 g/mol. The number of amides is 1. The molecule has 0 aromatic heterocycles. The van der Waals surface area contributed by atoms with Crippen LogP contribution in [0.3, 0.4) is 0 Å². The van der Waals surface area contributed by atoms with Crippen molar-refractivity contribution in [2.24, 2.45) is 0 Å². The molecule has 2 atom stereocenters. The highest BCUT2D eigenvalue weighted by Crippen LogP contribution is 2.20. The molecule has 1 unspecified atom stereocenters. The van der Waals surface area contributed by atoms with Crippen molar-refractivity contribution in [3.63, 3.8) is 0 Å². The van der Waals surface area contributed by atoms with Crippen LogP contribution in [0.2, 0.25) is 0 Å². The molecule has 0 spiro atoms. The molecular formula is C14H22N2O2. The van der Waals surface area contributed by atoms with Gasteiger partial charge in [-0.2, -0.15) is 0 Å². The molecule has 4 N–H and O–H groups in total. The molecule has 0 bridgehead atoms. The number of rotatable bonds is 6. The first-order chi connectivity index (χ1) is 8.56. The van der Waals surface area contributed by atoms with E-state index < -0.39 is 0 Å². The average Bonchev–Trinajstić information content (AvgIpc) is 2.36. The summed E-state index contributed by atoms with van der Waals surface area (Å²) in [6.45, 7) is 3.92. The number of carbonyl (C=O) groups excluding carboxylic acids is 1. The lowest BCUT2D eigenvalue weighted by molar-refractivity contribution is -0.122. The first kappa shape index (κ1) is 14.5. The molecule has 0 aliphatic carbocycles.